The predicted molar refractivity (Wildman–Crippen MR) is 124 cm³/mol. The monoisotopic (exact) mass is 436 g/mol. The fourth-order valence-electron chi connectivity index (χ4n) is 3.64. The maximum atomic E-state index is 12.4. The molecule has 0 radical (unpaired) electrons. The van der Waals surface area contributed by atoms with E-state index in [4.69, 9.17) is 4.74 Å². The maximum absolute atomic E-state index is 12.4. The molecular formula is C24H28N4O2S. The molecule has 0 saturated carbocycles. The number of carbonyl (C=O) groups excluding carboxylic acids is 1. The Labute approximate surface area is 187 Å². The van der Waals surface area contributed by atoms with E-state index < -0.39 is 0 Å². The van der Waals surface area contributed by atoms with Gasteiger partial charge in [-0.05, 0) is 31.9 Å². The predicted octanol–water partition coefficient (Wildman–Crippen LogP) is 4.28. The Kier molecular flexibility index (Phi) is 7.04. The van der Waals surface area contributed by atoms with Gasteiger partial charge < -0.3 is 9.64 Å². The largest absolute Gasteiger partial charge is 0.378 e. The minimum absolute atomic E-state index is 0.213. The van der Waals surface area contributed by atoms with Crippen molar-refractivity contribution in [2.45, 2.75) is 31.8 Å². The highest BCUT2D eigenvalue weighted by Crippen LogP contribution is 2.30. The van der Waals surface area contributed by atoms with Crippen molar-refractivity contribution in [3.05, 3.63) is 59.7 Å². The van der Waals surface area contributed by atoms with Gasteiger partial charge >= 0.3 is 0 Å². The second-order valence-electron chi connectivity index (χ2n) is 7.74. The van der Waals surface area contributed by atoms with Gasteiger partial charge in [0.05, 0.1) is 18.9 Å². The Balaban J connectivity index is 1.50. The van der Waals surface area contributed by atoms with Crippen molar-refractivity contribution >= 4 is 17.7 Å². The molecule has 31 heavy (non-hydrogen) atoms. The first kappa shape index (κ1) is 21.6. The Bertz CT molecular complexity index is 1030. The fraction of sp³-hybridized carbons (Fsp3) is 0.375. The van der Waals surface area contributed by atoms with E-state index in [1.54, 1.807) is 11.8 Å². The van der Waals surface area contributed by atoms with E-state index >= 15 is 0 Å². The number of hydrogen-bond donors (Lipinski definition) is 0. The number of benzene rings is 2. The van der Waals surface area contributed by atoms with Gasteiger partial charge in [-0.3, -0.25) is 9.36 Å². The molecule has 2 aromatic carbocycles. The summed E-state index contributed by atoms with van der Waals surface area (Å²) in [6.07, 6.45) is 1.36. The molecule has 6 nitrogen and oxygen atoms in total. The normalized spacial score (nSPS) is 14.1. The van der Waals surface area contributed by atoms with E-state index in [2.05, 4.69) is 65.0 Å². The minimum atomic E-state index is 0.213. The van der Waals surface area contributed by atoms with E-state index in [0.717, 1.165) is 34.4 Å². The van der Waals surface area contributed by atoms with Crippen LogP contribution in [0.4, 0.5) is 0 Å². The molecule has 0 aliphatic carbocycles. The Morgan fingerprint density at radius 1 is 1.03 bits per heavy atom. The highest BCUT2D eigenvalue weighted by molar-refractivity contribution is 7.99. The number of hydrogen-bond acceptors (Lipinski definition) is 5. The van der Waals surface area contributed by atoms with Crippen molar-refractivity contribution in [1.29, 1.82) is 0 Å². The summed E-state index contributed by atoms with van der Waals surface area (Å²) in [7, 11) is 0. The average Bonchev–Trinajstić information content (AvgIpc) is 3.21. The van der Waals surface area contributed by atoms with Gasteiger partial charge in [0.2, 0.25) is 5.91 Å². The summed E-state index contributed by atoms with van der Waals surface area (Å²) in [6, 6.07) is 16.6. The summed E-state index contributed by atoms with van der Waals surface area (Å²) in [5.41, 5.74) is 4.50. The Morgan fingerprint density at radius 3 is 2.52 bits per heavy atom. The molecule has 1 aromatic heterocycles. The molecule has 162 valence electrons. The number of aromatic nitrogens is 3. The van der Waals surface area contributed by atoms with E-state index in [1.165, 1.54) is 11.1 Å². The summed E-state index contributed by atoms with van der Waals surface area (Å²) < 4.78 is 7.46. The van der Waals surface area contributed by atoms with Crippen molar-refractivity contribution in [2.75, 3.05) is 32.1 Å². The van der Waals surface area contributed by atoms with Gasteiger partial charge in [-0.15, -0.1) is 10.2 Å². The van der Waals surface area contributed by atoms with Crippen LogP contribution in [0.2, 0.25) is 0 Å². The Morgan fingerprint density at radius 2 is 1.77 bits per heavy atom. The van der Waals surface area contributed by atoms with Gasteiger partial charge in [0, 0.05) is 30.8 Å². The molecule has 0 atom stereocenters. The lowest BCUT2D eigenvalue weighted by atomic mass is 10.1. The number of ether oxygens (including phenoxy) is 1. The highest BCUT2D eigenvalue weighted by Gasteiger charge is 2.19. The van der Waals surface area contributed by atoms with Gasteiger partial charge in [0.25, 0.3) is 0 Å². The van der Waals surface area contributed by atoms with Crippen LogP contribution in [0.15, 0.2) is 53.7 Å². The third kappa shape index (κ3) is 5.17. The first-order valence-electron chi connectivity index (χ1n) is 10.7. The molecule has 7 heteroatoms. The van der Waals surface area contributed by atoms with Crippen molar-refractivity contribution < 1.29 is 9.53 Å². The summed E-state index contributed by atoms with van der Waals surface area (Å²) in [4.78, 5) is 14.3. The molecule has 4 rings (SSSR count). The summed E-state index contributed by atoms with van der Waals surface area (Å²) in [5, 5.41) is 9.88. The van der Waals surface area contributed by atoms with Crippen LogP contribution in [0.3, 0.4) is 0 Å². The molecule has 1 saturated heterocycles. The second kappa shape index (κ2) is 10.1. The minimum Gasteiger partial charge on any atom is -0.378 e. The highest BCUT2D eigenvalue weighted by atomic mass is 32.2. The summed E-state index contributed by atoms with van der Waals surface area (Å²) in [5.74, 6) is 1.86. The molecule has 1 aliphatic rings. The Hall–Kier alpha value is -2.64. The third-order valence-corrected chi connectivity index (χ3v) is 6.44. The zero-order valence-electron chi connectivity index (χ0n) is 18.1. The molecule has 0 spiro atoms. The maximum Gasteiger partial charge on any atom is 0.222 e. The van der Waals surface area contributed by atoms with Gasteiger partial charge in [0.1, 0.15) is 0 Å². The zero-order chi connectivity index (χ0) is 21.6. The molecule has 1 amide bonds. The first-order valence-corrected chi connectivity index (χ1v) is 11.7. The van der Waals surface area contributed by atoms with Crippen molar-refractivity contribution in [3.8, 4) is 17.1 Å². The number of carbonyl (C=O) groups is 1. The fourth-order valence-corrected chi connectivity index (χ4v) is 4.53. The van der Waals surface area contributed by atoms with Gasteiger partial charge in [0.15, 0.2) is 11.0 Å². The van der Waals surface area contributed by atoms with Gasteiger partial charge in [-0.2, -0.15) is 0 Å². The smallest absolute Gasteiger partial charge is 0.222 e. The quantitative estimate of drug-likeness (QED) is 0.409. The molecule has 2 heterocycles. The van der Waals surface area contributed by atoms with Crippen molar-refractivity contribution in [2.24, 2.45) is 0 Å². The van der Waals surface area contributed by atoms with Gasteiger partial charge in [-0.25, -0.2) is 0 Å². The van der Waals surface area contributed by atoms with Crippen LogP contribution in [0, 0.1) is 13.8 Å². The van der Waals surface area contributed by atoms with Crippen molar-refractivity contribution in [3.63, 3.8) is 0 Å². The van der Waals surface area contributed by atoms with Crippen molar-refractivity contribution in [1.82, 2.24) is 19.7 Å². The molecule has 0 unspecified atom stereocenters. The van der Waals surface area contributed by atoms with Gasteiger partial charge in [-0.1, -0.05) is 59.8 Å². The van der Waals surface area contributed by atoms with Crippen LogP contribution >= 0.6 is 11.8 Å². The third-order valence-electron chi connectivity index (χ3n) is 5.43. The number of amides is 1. The molecule has 1 aliphatic heterocycles. The first-order chi connectivity index (χ1) is 15.1. The van der Waals surface area contributed by atoms with E-state index in [0.29, 0.717) is 32.7 Å². The lowest BCUT2D eigenvalue weighted by Gasteiger charge is -2.26. The van der Waals surface area contributed by atoms with Crippen LogP contribution in [0.1, 0.15) is 24.0 Å². The van der Waals surface area contributed by atoms with Crippen LogP contribution < -0.4 is 0 Å². The van der Waals surface area contributed by atoms with Crippen LogP contribution in [0.25, 0.3) is 17.1 Å². The SMILES string of the molecule is Cc1ccc(-c2nnc(SCCCC(=O)N3CCOCC3)n2-c2ccccc2C)cc1. The summed E-state index contributed by atoms with van der Waals surface area (Å²) in [6.45, 7) is 6.86. The molecule has 3 aromatic rings. The molecule has 1 fully saturated rings. The average molecular weight is 437 g/mol. The number of rotatable bonds is 7. The number of morpholine rings is 1. The standard InChI is InChI=1S/C24H28N4O2S/c1-18-9-11-20(12-10-18)23-25-26-24(28(23)21-7-4-3-6-19(21)2)31-17-5-8-22(29)27-13-15-30-16-14-27/h3-4,6-7,9-12H,5,8,13-17H2,1-2H3. The van der Waals surface area contributed by atoms with E-state index in [-0.39, 0.29) is 5.91 Å². The van der Waals surface area contributed by atoms with Crippen LogP contribution in [-0.2, 0) is 9.53 Å². The van der Waals surface area contributed by atoms with E-state index in [1.807, 2.05) is 17.0 Å². The summed E-state index contributed by atoms with van der Waals surface area (Å²) >= 11 is 1.65. The molecular weight excluding hydrogens is 408 g/mol. The number of aryl methyl sites for hydroxylation is 2. The zero-order valence-corrected chi connectivity index (χ0v) is 18.9. The number of para-hydroxylation sites is 1. The lowest BCUT2D eigenvalue weighted by Crippen LogP contribution is -2.40. The molecule has 0 bridgehead atoms. The van der Waals surface area contributed by atoms with Crippen LogP contribution in [-0.4, -0.2) is 57.6 Å². The topological polar surface area (TPSA) is 60.3 Å². The number of thioether (sulfide) groups is 1. The number of nitrogens with zero attached hydrogens (tertiary/aromatic N) is 4. The van der Waals surface area contributed by atoms with E-state index in [9.17, 15) is 4.79 Å². The molecule has 0 N–H and O–H groups in total. The lowest BCUT2D eigenvalue weighted by molar-refractivity contribution is -0.135. The van der Waals surface area contributed by atoms with Crippen LogP contribution in [0.5, 0.6) is 0 Å². The second-order valence-corrected chi connectivity index (χ2v) is 8.80.